The van der Waals surface area contributed by atoms with Crippen LogP contribution in [0.1, 0.15) is 27.7 Å². The number of aromatic nitrogens is 2. The normalized spacial score (nSPS) is 11.5. The van der Waals surface area contributed by atoms with Crippen LogP contribution in [-0.4, -0.2) is 36.0 Å². The Balaban J connectivity index is 1.82. The van der Waals surface area contributed by atoms with Crippen molar-refractivity contribution < 1.29 is 14.3 Å². The highest BCUT2D eigenvalue weighted by Gasteiger charge is 2.20. The summed E-state index contributed by atoms with van der Waals surface area (Å²) in [6.45, 7) is 0.424. The van der Waals surface area contributed by atoms with E-state index in [-0.39, 0.29) is 17.5 Å². The second-order valence-electron chi connectivity index (χ2n) is 6.52. The van der Waals surface area contributed by atoms with Gasteiger partial charge in [-0.3, -0.25) is 10.1 Å². The van der Waals surface area contributed by atoms with Crippen molar-refractivity contribution >= 4 is 17.7 Å². The SMILES string of the molecule is CNC(=O)c1nc(-c2cccc(CN[C@H](C(=O)OC)c3ccccc3)c2)cnc1N. The van der Waals surface area contributed by atoms with Crippen LogP contribution >= 0.6 is 0 Å². The van der Waals surface area contributed by atoms with Crippen LogP contribution in [0.3, 0.4) is 0 Å². The van der Waals surface area contributed by atoms with Gasteiger partial charge in [-0.15, -0.1) is 0 Å². The maximum absolute atomic E-state index is 12.2. The zero-order valence-electron chi connectivity index (χ0n) is 16.8. The summed E-state index contributed by atoms with van der Waals surface area (Å²) < 4.78 is 4.94. The van der Waals surface area contributed by atoms with Crippen LogP contribution < -0.4 is 16.4 Å². The number of hydrogen-bond acceptors (Lipinski definition) is 7. The molecule has 0 aliphatic rings. The van der Waals surface area contributed by atoms with Crippen molar-refractivity contribution in [3.8, 4) is 11.3 Å². The monoisotopic (exact) mass is 405 g/mol. The average Bonchev–Trinajstić information content (AvgIpc) is 2.79. The van der Waals surface area contributed by atoms with E-state index in [2.05, 4.69) is 20.6 Å². The van der Waals surface area contributed by atoms with Crippen LogP contribution in [0.5, 0.6) is 0 Å². The number of nitrogen functional groups attached to an aromatic ring is 1. The molecule has 1 aromatic heterocycles. The summed E-state index contributed by atoms with van der Waals surface area (Å²) >= 11 is 0. The van der Waals surface area contributed by atoms with E-state index < -0.39 is 11.9 Å². The zero-order valence-corrected chi connectivity index (χ0v) is 16.8. The van der Waals surface area contributed by atoms with Gasteiger partial charge in [0.1, 0.15) is 6.04 Å². The first kappa shape index (κ1) is 20.9. The number of carbonyl (C=O) groups is 2. The Morgan fingerprint density at radius 1 is 1.13 bits per heavy atom. The minimum Gasteiger partial charge on any atom is -0.468 e. The van der Waals surface area contributed by atoms with E-state index in [1.807, 2.05) is 54.6 Å². The molecule has 0 unspecified atom stereocenters. The molecule has 30 heavy (non-hydrogen) atoms. The molecule has 8 heteroatoms. The second kappa shape index (κ2) is 9.62. The van der Waals surface area contributed by atoms with Gasteiger partial charge in [0.05, 0.1) is 19.0 Å². The van der Waals surface area contributed by atoms with Crippen LogP contribution in [-0.2, 0) is 16.1 Å². The van der Waals surface area contributed by atoms with Gasteiger partial charge in [-0.05, 0) is 17.2 Å². The predicted molar refractivity (Wildman–Crippen MR) is 113 cm³/mol. The number of nitrogens with zero attached hydrogens (tertiary/aromatic N) is 2. The minimum absolute atomic E-state index is 0.0692. The molecule has 3 rings (SSSR count). The van der Waals surface area contributed by atoms with Crippen molar-refractivity contribution in [3.05, 3.63) is 77.6 Å². The summed E-state index contributed by atoms with van der Waals surface area (Å²) in [5, 5.41) is 5.74. The Morgan fingerprint density at radius 2 is 1.90 bits per heavy atom. The summed E-state index contributed by atoms with van der Waals surface area (Å²) in [6, 6.07) is 16.4. The molecule has 0 saturated carbocycles. The Kier molecular flexibility index (Phi) is 6.71. The van der Waals surface area contributed by atoms with Crippen molar-refractivity contribution in [3.63, 3.8) is 0 Å². The van der Waals surface area contributed by atoms with Crippen molar-refractivity contribution in [2.45, 2.75) is 12.6 Å². The number of hydrogen-bond donors (Lipinski definition) is 3. The highest BCUT2D eigenvalue weighted by Crippen LogP contribution is 2.21. The Labute approximate surface area is 174 Å². The molecule has 0 aliphatic carbocycles. The average molecular weight is 405 g/mol. The largest absolute Gasteiger partial charge is 0.468 e. The van der Waals surface area contributed by atoms with Gasteiger partial charge in [0, 0.05) is 19.2 Å². The third kappa shape index (κ3) is 4.79. The smallest absolute Gasteiger partial charge is 0.327 e. The lowest BCUT2D eigenvalue weighted by atomic mass is 10.1. The molecular formula is C22H23N5O3. The molecule has 0 spiro atoms. The van der Waals surface area contributed by atoms with Crippen molar-refractivity contribution in [1.82, 2.24) is 20.6 Å². The van der Waals surface area contributed by atoms with Gasteiger partial charge in [0.2, 0.25) is 0 Å². The summed E-state index contributed by atoms with van der Waals surface area (Å²) in [7, 11) is 2.87. The van der Waals surface area contributed by atoms with Gasteiger partial charge in [-0.1, -0.05) is 48.5 Å². The maximum atomic E-state index is 12.2. The van der Waals surface area contributed by atoms with Gasteiger partial charge in [0.15, 0.2) is 11.5 Å². The Bertz CT molecular complexity index is 1040. The quantitative estimate of drug-likeness (QED) is 0.515. The first-order valence-electron chi connectivity index (χ1n) is 9.33. The fourth-order valence-corrected chi connectivity index (χ4v) is 2.98. The number of nitrogens with one attached hydrogen (secondary N) is 2. The van der Waals surface area contributed by atoms with Gasteiger partial charge >= 0.3 is 5.97 Å². The lowest BCUT2D eigenvalue weighted by Gasteiger charge is -2.17. The van der Waals surface area contributed by atoms with Crippen molar-refractivity contribution in [1.29, 1.82) is 0 Å². The number of carbonyl (C=O) groups excluding carboxylic acids is 2. The third-order valence-corrected chi connectivity index (χ3v) is 4.55. The number of benzene rings is 2. The van der Waals surface area contributed by atoms with Crippen LogP contribution in [0.4, 0.5) is 5.82 Å². The van der Waals surface area contributed by atoms with Gasteiger partial charge < -0.3 is 15.8 Å². The minimum atomic E-state index is -0.587. The molecule has 3 aromatic rings. The topological polar surface area (TPSA) is 119 Å². The van der Waals surface area contributed by atoms with E-state index in [1.54, 1.807) is 0 Å². The number of nitrogens with two attached hydrogens (primary N) is 1. The molecule has 1 amide bonds. The standard InChI is InChI=1S/C22H23N5O3/c1-24-21(28)19-20(23)26-13-17(27-19)16-10-6-7-14(11-16)12-25-18(22(29)30-2)15-8-4-3-5-9-15/h3-11,13,18,25H,12H2,1-2H3,(H2,23,26)(H,24,28)/t18-/m0/s1. The second-order valence-corrected chi connectivity index (χ2v) is 6.52. The fraction of sp³-hybridized carbons (Fsp3) is 0.182. The van der Waals surface area contributed by atoms with E-state index in [0.29, 0.717) is 12.2 Å². The molecule has 0 saturated heterocycles. The zero-order chi connectivity index (χ0) is 21.5. The number of amides is 1. The van der Waals surface area contributed by atoms with E-state index >= 15 is 0 Å². The highest BCUT2D eigenvalue weighted by molar-refractivity contribution is 5.96. The molecule has 154 valence electrons. The molecule has 2 aromatic carbocycles. The number of methoxy groups -OCH3 is 1. The van der Waals surface area contributed by atoms with Crippen molar-refractivity contribution in [2.75, 3.05) is 19.9 Å². The molecular weight excluding hydrogens is 382 g/mol. The summed E-state index contributed by atoms with van der Waals surface area (Å²) in [4.78, 5) is 32.6. The number of ether oxygens (including phenoxy) is 1. The van der Waals surface area contributed by atoms with Gasteiger partial charge in [0.25, 0.3) is 5.91 Å². The highest BCUT2D eigenvalue weighted by atomic mass is 16.5. The Hall–Kier alpha value is -3.78. The first-order valence-corrected chi connectivity index (χ1v) is 9.33. The molecule has 0 bridgehead atoms. The third-order valence-electron chi connectivity index (χ3n) is 4.55. The maximum Gasteiger partial charge on any atom is 0.327 e. The summed E-state index contributed by atoms with van der Waals surface area (Å²) in [5.74, 6) is -0.694. The number of rotatable bonds is 7. The fourth-order valence-electron chi connectivity index (χ4n) is 2.98. The summed E-state index contributed by atoms with van der Waals surface area (Å²) in [6.07, 6.45) is 1.52. The molecule has 0 radical (unpaired) electrons. The Morgan fingerprint density at radius 3 is 2.60 bits per heavy atom. The molecule has 8 nitrogen and oxygen atoms in total. The van der Waals surface area contributed by atoms with Crippen LogP contribution in [0.2, 0.25) is 0 Å². The van der Waals surface area contributed by atoms with Crippen LogP contribution in [0.15, 0.2) is 60.8 Å². The number of esters is 1. The summed E-state index contributed by atoms with van der Waals surface area (Å²) in [5.41, 5.74) is 8.89. The molecule has 4 N–H and O–H groups in total. The van der Waals surface area contributed by atoms with Gasteiger partial charge in [-0.2, -0.15) is 0 Å². The predicted octanol–water partition coefficient (Wildman–Crippen LogP) is 2.09. The lowest BCUT2D eigenvalue weighted by Crippen LogP contribution is -2.29. The molecule has 0 aliphatic heterocycles. The van der Waals surface area contributed by atoms with E-state index in [1.165, 1.54) is 20.4 Å². The molecule has 0 fully saturated rings. The molecule has 1 heterocycles. The van der Waals surface area contributed by atoms with Gasteiger partial charge in [-0.25, -0.2) is 14.8 Å². The first-order chi connectivity index (χ1) is 14.5. The van der Waals surface area contributed by atoms with Crippen LogP contribution in [0.25, 0.3) is 11.3 Å². The van der Waals surface area contributed by atoms with Crippen LogP contribution in [0, 0.1) is 0 Å². The number of anilines is 1. The van der Waals surface area contributed by atoms with E-state index in [4.69, 9.17) is 10.5 Å². The molecule has 1 atom stereocenters. The van der Waals surface area contributed by atoms with E-state index in [0.717, 1.165) is 16.7 Å². The van der Waals surface area contributed by atoms with Crippen molar-refractivity contribution in [2.24, 2.45) is 0 Å². The van der Waals surface area contributed by atoms with E-state index in [9.17, 15) is 9.59 Å². The lowest BCUT2D eigenvalue weighted by molar-refractivity contribution is -0.143.